The van der Waals surface area contributed by atoms with Gasteiger partial charge in [-0.25, -0.2) is 0 Å². The van der Waals surface area contributed by atoms with Crippen molar-refractivity contribution >= 4 is 23.6 Å². The monoisotopic (exact) mass is 461 g/mol. The number of hydrogen-bond acceptors (Lipinski definition) is 6. The van der Waals surface area contributed by atoms with E-state index in [2.05, 4.69) is 5.32 Å². The highest BCUT2D eigenvalue weighted by molar-refractivity contribution is 6.05. The first-order valence-corrected chi connectivity index (χ1v) is 10.7. The first kappa shape index (κ1) is 22.9. The normalized spacial score (nSPS) is 14.0. The van der Waals surface area contributed by atoms with Crippen LogP contribution in [0, 0.1) is 17.0 Å². The molecule has 2 amide bonds. The number of nitro groups is 1. The van der Waals surface area contributed by atoms with Crippen LogP contribution in [0.15, 0.2) is 70.8 Å². The number of benzene rings is 2. The highest BCUT2D eigenvalue weighted by Crippen LogP contribution is 2.25. The van der Waals surface area contributed by atoms with Crippen LogP contribution >= 0.6 is 0 Å². The number of amides is 2. The number of carbonyl (C=O) groups excluding carboxylic acids is 2. The number of nitro benzene ring substituents is 1. The quantitative estimate of drug-likeness (QED) is 0.339. The molecule has 1 aliphatic heterocycles. The Morgan fingerprint density at radius 1 is 1.00 bits per heavy atom. The Morgan fingerprint density at radius 2 is 1.68 bits per heavy atom. The molecule has 9 heteroatoms. The minimum Gasteiger partial charge on any atom is -0.457 e. The molecule has 1 fully saturated rings. The smallest absolute Gasteiger partial charge is 0.270 e. The van der Waals surface area contributed by atoms with Gasteiger partial charge in [0.1, 0.15) is 17.2 Å². The van der Waals surface area contributed by atoms with Crippen LogP contribution in [0.5, 0.6) is 0 Å². The van der Waals surface area contributed by atoms with Crippen LogP contribution < -0.4 is 5.32 Å². The van der Waals surface area contributed by atoms with Crippen molar-refractivity contribution in [3.05, 3.63) is 93.4 Å². The van der Waals surface area contributed by atoms with E-state index in [0.29, 0.717) is 49.0 Å². The lowest BCUT2D eigenvalue weighted by atomic mass is 10.1. The van der Waals surface area contributed by atoms with E-state index in [1.54, 1.807) is 41.3 Å². The molecular formula is C25H23N3O6. The van der Waals surface area contributed by atoms with Crippen LogP contribution in [0.4, 0.5) is 5.69 Å². The lowest BCUT2D eigenvalue weighted by Crippen LogP contribution is -2.44. The zero-order valence-electron chi connectivity index (χ0n) is 18.5. The number of nitrogens with zero attached hydrogens (tertiary/aromatic N) is 2. The van der Waals surface area contributed by atoms with E-state index in [4.69, 9.17) is 9.15 Å². The number of rotatable bonds is 6. The van der Waals surface area contributed by atoms with Gasteiger partial charge in [0.25, 0.3) is 17.5 Å². The summed E-state index contributed by atoms with van der Waals surface area (Å²) >= 11 is 0. The molecule has 1 aromatic heterocycles. The molecule has 4 rings (SSSR count). The highest BCUT2D eigenvalue weighted by Gasteiger charge is 2.23. The molecule has 0 spiro atoms. The summed E-state index contributed by atoms with van der Waals surface area (Å²) in [6, 6.07) is 16.4. The molecule has 9 nitrogen and oxygen atoms in total. The summed E-state index contributed by atoms with van der Waals surface area (Å²) in [7, 11) is 0. The summed E-state index contributed by atoms with van der Waals surface area (Å²) in [5.41, 5.74) is 2.16. The third-order valence-corrected chi connectivity index (χ3v) is 5.37. The van der Waals surface area contributed by atoms with Gasteiger partial charge in [-0.1, -0.05) is 17.7 Å². The summed E-state index contributed by atoms with van der Waals surface area (Å²) in [6.45, 7) is 3.62. The fourth-order valence-corrected chi connectivity index (χ4v) is 3.46. The van der Waals surface area contributed by atoms with Gasteiger partial charge in [0.05, 0.1) is 18.1 Å². The maximum absolute atomic E-state index is 13.2. The largest absolute Gasteiger partial charge is 0.457 e. The van der Waals surface area contributed by atoms with Crippen molar-refractivity contribution in [2.75, 3.05) is 26.3 Å². The van der Waals surface area contributed by atoms with E-state index < -0.39 is 10.8 Å². The van der Waals surface area contributed by atoms with Crippen LogP contribution in [0.3, 0.4) is 0 Å². The van der Waals surface area contributed by atoms with Gasteiger partial charge in [-0.2, -0.15) is 0 Å². The number of aryl methyl sites for hydroxylation is 1. The molecule has 34 heavy (non-hydrogen) atoms. The molecule has 1 aliphatic rings. The van der Waals surface area contributed by atoms with Gasteiger partial charge < -0.3 is 19.4 Å². The van der Waals surface area contributed by atoms with Crippen molar-refractivity contribution in [1.29, 1.82) is 0 Å². The van der Waals surface area contributed by atoms with Gasteiger partial charge in [-0.3, -0.25) is 19.7 Å². The van der Waals surface area contributed by atoms with Gasteiger partial charge in [0.15, 0.2) is 0 Å². The minimum absolute atomic E-state index is 0.0207. The molecule has 0 unspecified atom stereocenters. The number of furan rings is 1. The van der Waals surface area contributed by atoms with Crippen LogP contribution in [0.1, 0.15) is 21.7 Å². The number of non-ortho nitro benzene ring substituents is 1. The average Bonchev–Trinajstić information content (AvgIpc) is 3.32. The highest BCUT2D eigenvalue weighted by atomic mass is 16.6. The molecule has 2 heterocycles. The summed E-state index contributed by atoms with van der Waals surface area (Å²) in [5.74, 6) is 0.0883. The van der Waals surface area contributed by atoms with Gasteiger partial charge >= 0.3 is 0 Å². The van der Waals surface area contributed by atoms with E-state index in [-0.39, 0.29) is 17.3 Å². The van der Waals surface area contributed by atoms with E-state index in [9.17, 15) is 19.7 Å². The topological polar surface area (TPSA) is 115 Å². The lowest BCUT2D eigenvalue weighted by molar-refractivity contribution is -0.384. The van der Waals surface area contributed by atoms with Crippen molar-refractivity contribution in [2.45, 2.75) is 6.92 Å². The molecule has 0 saturated carbocycles. The number of hydrogen-bond donors (Lipinski definition) is 1. The zero-order valence-corrected chi connectivity index (χ0v) is 18.5. The van der Waals surface area contributed by atoms with Gasteiger partial charge in [0.2, 0.25) is 0 Å². The summed E-state index contributed by atoms with van der Waals surface area (Å²) in [5, 5.41) is 13.6. The van der Waals surface area contributed by atoms with Crippen molar-refractivity contribution in [2.24, 2.45) is 0 Å². The standard InChI is InChI=1S/C25H23N3O6/c1-17-2-4-19(5-3-17)24(29)26-22(25(30)27-12-14-33-15-13-27)16-21-10-11-23(34-21)18-6-8-20(9-7-18)28(31)32/h2-11,16H,12-15H2,1H3,(H,26,29)/b22-16-. The summed E-state index contributed by atoms with van der Waals surface area (Å²) in [6.07, 6.45) is 1.48. The van der Waals surface area contributed by atoms with Gasteiger partial charge in [-0.05, 0) is 43.3 Å². The van der Waals surface area contributed by atoms with Gasteiger partial charge in [-0.15, -0.1) is 0 Å². The predicted octanol–water partition coefficient (Wildman–Crippen LogP) is 3.79. The third kappa shape index (κ3) is 5.38. The Bertz CT molecular complexity index is 1220. The number of carbonyl (C=O) groups is 2. The number of morpholine rings is 1. The maximum atomic E-state index is 13.2. The average molecular weight is 461 g/mol. The minimum atomic E-state index is -0.472. The molecule has 0 bridgehead atoms. The second-order valence-electron chi connectivity index (χ2n) is 7.79. The SMILES string of the molecule is Cc1ccc(C(=O)N/C(=C\c2ccc(-c3ccc([N+](=O)[O-])cc3)o2)C(=O)N2CCOCC2)cc1. The third-order valence-electron chi connectivity index (χ3n) is 5.37. The first-order valence-electron chi connectivity index (χ1n) is 10.7. The molecule has 0 radical (unpaired) electrons. The lowest BCUT2D eigenvalue weighted by Gasteiger charge is -2.27. The van der Waals surface area contributed by atoms with Crippen molar-refractivity contribution in [3.63, 3.8) is 0 Å². The Hall–Kier alpha value is -4.24. The number of nitrogens with one attached hydrogen (secondary N) is 1. The Morgan fingerprint density at radius 3 is 2.32 bits per heavy atom. The molecule has 0 atom stereocenters. The fraction of sp³-hybridized carbons (Fsp3) is 0.200. The Labute approximate surface area is 195 Å². The van der Waals surface area contributed by atoms with Crippen molar-refractivity contribution in [1.82, 2.24) is 10.2 Å². The van der Waals surface area contributed by atoms with Crippen LogP contribution in [-0.2, 0) is 9.53 Å². The molecule has 0 aliphatic carbocycles. The van der Waals surface area contributed by atoms with Crippen molar-refractivity contribution < 1.29 is 23.7 Å². The van der Waals surface area contributed by atoms with Crippen LogP contribution in [0.25, 0.3) is 17.4 Å². The summed E-state index contributed by atoms with van der Waals surface area (Å²) < 4.78 is 11.2. The van der Waals surface area contributed by atoms with E-state index in [1.807, 2.05) is 19.1 Å². The molecule has 3 aromatic rings. The molecule has 174 valence electrons. The molecule has 1 N–H and O–H groups in total. The van der Waals surface area contributed by atoms with E-state index >= 15 is 0 Å². The molecule has 2 aromatic carbocycles. The van der Waals surface area contributed by atoms with Gasteiger partial charge in [0, 0.05) is 42.4 Å². The van der Waals surface area contributed by atoms with E-state index in [1.165, 1.54) is 18.2 Å². The van der Waals surface area contributed by atoms with E-state index in [0.717, 1.165) is 5.56 Å². The second-order valence-corrected chi connectivity index (χ2v) is 7.79. The number of ether oxygens (including phenoxy) is 1. The van der Waals surface area contributed by atoms with Crippen molar-refractivity contribution in [3.8, 4) is 11.3 Å². The first-order chi connectivity index (χ1) is 16.4. The second kappa shape index (κ2) is 10.1. The Kier molecular flexibility index (Phi) is 6.84. The molecular weight excluding hydrogens is 438 g/mol. The van der Waals surface area contributed by atoms with Crippen LogP contribution in [-0.4, -0.2) is 47.9 Å². The summed E-state index contributed by atoms with van der Waals surface area (Å²) in [4.78, 5) is 38.0. The predicted molar refractivity (Wildman–Crippen MR) is 125 cm³/mol. The Balaban J connectivity index is 1.60. The molecule has 1 saturated heterocycles. The maximum Gasteiger partial charge on any atom is 0.270 e. The fourth-order valence-electron chi connectivity index (χ4n) is 3.46. The zero-order chi connectivity index (χ0) is 24.1. The van der Waals surface area contributed by atoms with Crippen LogP contribution in [0.2, 0.25) is 0 Å².